The van der Waals surface area contributed by atoms with Gasteiger partial charge in [-0.15, -0.1) is 0 Å². The molecular formula is C15H18N2. The Kier molecular flexibility index (Phi) is 3.14. The number of nitrogens with zero attached hydrogens (tertiary/aromatic N) is 1. The van der Waals surface area contributed by atoms with Crippen molar-refractivity contribution in [2.45, 2.75) is 26.2 Å². The molecule has 0 fully saturated rings. The first-order chi connectivity index (χ1) is 8.05. The van der Waals surface area contributed by atoms with Gasteiger partial charge in [0.15, 0.2) is 0 Å². The predicted octanol–water partition coefficient (Wildman–Crippen LogP) is 4.12. The zero-order chi connectivity index (χ0) is 12.3. The van der Waals surface area contributed by atoms with Crippen LogP contribution in [0, 0.1) is 0 Å². The molecule has 17 heavy (non-hydrogen) atoms. The lowest BCUT2D eigenvalue weighted by Gasteiger charge is -2.19. The van der Waals surface area contributed by atoms with Crippen LogP contribution in [0.1, 0.15) is 26.3 Å². The van der Waals surface area contributed by atoms with Crippen LogP contribution in [0.4, 0.5) is 11.5 Å². The van der Waals surface area contributed by atoms with Crippen LogP contribution in [0.15, 0.2) is 48.7 Å². The average Bonchev–Trinajstić information content (AvgIpc) is 2.30. The van der Waals surface area contributed by atoms with Crippen LogP contribution in [0.3, 0.4) is 0 Å². The van der Waals surface area contributed by atoms with Gasteiger partial charge in [-0.3, -0.25) is 0 Å². The zero-order valence-corrected chi connectivity index (χ0v) is 10.6. The van der Waals surface area contributed by atoms with Gasteiger partial charge in [0.1, 0.15) is 5.82 Å². The molecule has 0 aliphatic carbocycles. The van der Waals surface area contributed by atoms with Crippen molar-refractivity contribution in [3.63, 3.8) is 0 Å². The summed E-state index contributed by atoms with van der Waals surface area (Å²) in [4.78, 5) is 4.23. The van der Waals surface area contributed by atoms with Gasteiger partial charge in [0, 0.05) is 11.9 Å². The molecule has 1 N–H and O–H groups in total. The van der Waals surface area contributed by atoms with Crippen molar-refractivity contribution in [1.29, 1.82) is 0 Å². The number of hydrogen-bond donors (Lipinski definition) is 1. The quantitative estimate of drug-likeness (QED) is 0.833. The minimum absolute atomic E-state index is 0.198. The lowest BCUT2D eigenvalue weighted by atomic mass is 9.87. The Balaban J connectivity index is 2.14. The lowest BCUT2D eigenvalue weighted by molar-refractivity contribution is 0.590. The fourth-order valence-corrected chi connectivity index (χ4v) is 1.64. The van der Waals surface area contributed by atoms with Gasteiger partial charge in [-0.05, 0) is 35.2 Å². The Morgan fingerprint density at radius 2 is 1.65 bits per heavy atom. The molecule has 0 unspecified atom stereocenters. The van der Waals surface area contributed by atoms with Gasteiger partial charge in [0.2, 0.25) is 0 Å². The highest BCUT2D eigenvalue weighted by atomic mass is 15.0. The molecule has 0 bridgehead atoms. The summed E-state index contributed by atoms with van der Waals surface area (Å²) >= 11 is 0. The molecule has 1 heterocycles. The third-order valence-electron chi connectivity index (χ3n) is 2.69. The maximum absolute atomic E-state index is 4.23. The molecule has 0 spiro atoms. The molecule has 0 aliphatic heterocycles. The standard InChI is InChI=1S/C15H18N2/c1-15(2,3)12-7-9-13(10-8-12)17-14-6-4-5-11-16-14/h4-11H,1-3H3,(H,16,17). The van der Waals surface area contributed by atoms with E-state index >= 15 is 0 Å². The topological polar surface area (TPSA) is 24.9 Å². The van der Waals surface area contributed by atoms with Gasteiger partial charge in [0.25, 0.3) is 0 Å². The molecule has 0 radical (unpaired) electrons. The van der Waals surface area contributed by atoms with Crippen molar-refractivity contribution in [2.24, 2.45) is 0 Å². The second-order valence-electron chi connectivity index (χ2n) is 5.17. The van der Waals surface area contributed by atoms with E-state index in [9.17, 15) is 0 Å². The third-order valence-corrected chi connectivity index (χ3v) is 2.69. The van der Waals surface area contributed by atoms with Crippen LogP contribution < -0.4 is 5.32 Å². The first kappa shape index (κ1) is 11.6. The van der Waals surface area contributed by atoms with Crippen LogP contribution >= 0.6 is 0 Å². The number of nitrogens with one attached hydrogen (secondary N) is 1. The van der Waals surface area contributed by atoms with E-state index in [2.05, 4.69) is 55.3 Å². The molecule has 2 rings (SSSR count). The summed E-state index contributed by atoms with van der Waals surface area (Å²) in [6.45, 7) is 6.65. The molecule has 0 aliphatic rings. The van der Waals surface area contributed by atoms with Crippen molar-refractivity contribution in [3.8, 4) is 0 Å². The van der Waals surface area contributed by atoms with Crippen LogP contribution in [-0.4, -0.2) is 4.98 Å². The SMILES string of the molecule is CC(C)(C)c1ccc(Nc2ccccn2)cc1. The van der Waals surface area contributed by atoms with Gasteiger partial charge in [-0.1, -0.05) is 39.0 Å². The highest BCUT2D eigenvalue weighted by molar-refractivity contribution is 5.56. The van der Waals surface area contributed by atoms with E-state index in [1.54, 1.807) is 6.20 Å². The fraction of sp³-hybridized carbons (Fsp3) is 0.267. The molecule has 1 aromatic carbocycles. The summed E-state index contributed by atoms with van der Waals surface area (Å²) in [5.74, 6) is 0.871. The summed E-state index contributed by atoms with van der Waals surface area (Å²) in [6, 6.07) is 14.3. The Morgan fingerprint density at radius 1 is 0.941 bits per heavy atom. The van der Waals surface area contributed by atoms with Crippen molar-refractivity contribution < 1.29 is 0 Å². The number of rotatable bonds is 2. The highest BCUT2D eigenvalue weighted by Crippen LogP contribution is 2.24. The molecule has 88 valence electrons. The van der Waals surface area contributed by atoms with E-state index in [0.717, 1.165) is 11.5 Å². The summed E-state index contributed by atoms with van der Waals surface area (Å²) in [6.07, 6.45) is 1.78. The molecule has 2 heteroatoms. The van der Waals surface area contributed by atoms with Gasteiger partial charge in [-0.2, -0.15) is 0 Å². The monoisotopic (exact) mass is 226 g/mol. The maximum atomic E-state index is 4.23. The van der Waals surface area contributed by atoms with Gasteiger partial charge in [0.05, 0.1) is 0 Å². The van der Waals surface area contributed by atoms with Crippen molar-refractivity contribution >= 4 is 11.5 Å². The van der Waals surface area contributed by atoms with E-state index in [-0.39, 0.29) is 5.41 Å². The van der Waals surface area contributed by atoms with Crippen LogP contribution in [0.25, 0.3) is 0 Å². The molecule has 0 saturated carbocycles. The molecule has 0 atom stereocenters. The van der Waals surface area contributed by atoms with E-state index < -0.39 is 0 Å². The molecule has 2 nitrogen and oxygen atoms in total. The summed E-state index contributed by atoms with van der Waals surface area (Å²) in [5, 5.41) is 3.27. The van der Waals surface area contributed by atoms with Crippen LogP contribution in [0.2, 0.25) is 0 Å². The Hall–Kier alpha value is -1.83. The van der Waals surface area contributed by atoms with E-state index in [4.69, 9.17) is 0 Å². The number of aromatic nitrogens is 1. The first-order valence-electron chi connectivity index (χ1n) is 5.84. The summed E-state index contributed by atoms with van der Waals surface area (Å²) in [5.41, 5.74) is 2.60. The largest absolute Gasteiger partial charge is 0.340 e. The number of benzene rings is 1. The van der Waals surface area contributed by atoms with E-state index in [1.165, 1.54) is 5.56 Å². The Labute approximate surface area is 103 Å². The van der Waals surface area contributed by atoms with Crippen molar-refractivity contribution in [1.82, 2.24) is 4.98 Å². The molecule has 1 aromatic heterocycles. The Morgan fingerprint density at radius 3 is 2.18 bits per heavy atom. The number of hydrogen-bond acceptors (Lipinski definition) is 2. The zero-order valence-electron chi connectivity index (χ0n) is 10.6. The minimum Gasteiger partial charge on any atom is -0.340 e. The minimum atomic E-state index is 0.198. The van der Waals surface area contributed by atoms with Gasteiger partial charge in [-0.25, -0.2) is 4.98 Å². The molecular weight excluding hydrogens is 208 g/mol. The van der Waals surface area contributed by atoms with Gasteiger partial charge < -0.3 is 5.32 Å². The second kappa shape index (κ2) is 4.58. The maximum Gasteiger partial charge on any atom is 0.130 e. The molecule has 0 saturated heterocycles. The van der Waals surface area contributed by atoms with E-state index in [1.807, 2.05) is 18.2 Å². The predicted molar refractivity (Wildman–Crippen MR) is 72.7 cm³/mol. The van der Waals surface area contributed by atoms with Crippen molar-refractivity contribution in [3.05, 3.63) is 54.2 Å². The lowest BCUT2D eigenvalue weighted by Crippen LogP contribution is -2.10. The van der Waals surface area contributed by atoms with Crippen LogP contribution in [0.5, 0.6) is 0 Å². The van der Waals surface area contributed by atoms with Crippen molar-refractivity contribution in [2.75, 3.05) is 5.32 Å². The van der Waals surface area contributed by atoms with Crippen LogP contribution in [-0.2, 0) is 5.41 Å². The average molecular weight is 226 g/mol. The normalized spacial score (nSPS) is 11.2. The number of pyridine rings is 1. The smallest absolute Gasteiger partial charge is 0.130 e. The highest BCUT2D eigenvalue weighted by Gasteiger charge is 2.12. The first-order valence-corrected chi connectivity index (χ1v) is 5.84. The molecule has 0 amide bonds. The fourth-order valence-electron chi connectivity index (χ4n) is 1.64. The summed E-state index contributed by atoms with van der Waals surface area (Å²) in [7, 11) is 0. The molecule has 2 aromatic rings. The third kappa shape index (κ3) is 3.06. The number of anilines is 2. The Bertz CT molecular complexity index is 467. The van der Waals surface area contributed by atoms with E-state index in [0.29, 0.717) is 0 Å². The summed E-state index contributed by atoms with van der Waals surface area (Å²) < 4.78 is 0. The van der Waals surface area contributed by atoms with Gasteiger partial charge >= 0.3 is 0 Å². The second-order valence-corrected chi connectivity index (χ2v) is 5.17.